The quantitative estimate of drug-likeness (QED) is 0.494. The number of aryl methyl sites for hydroxylation is 2. The summed E-state index contributed by atoms with van der Waals surface area (Å²) in [5.74, 6) is 2.99. The van der Waals surface area contributed by atoms with Crippen molar-refractivity contribution in [3.05, 3.63) is 46.5 Å². The first kappa shape index (κ1) is 18.0. The third-order valence-corrected chi connectivity index (χ3v) is 4.68. The van der Waals surface area contributed by atoms with E-state index in [0.29, 0.717) is 16.6 Å². The molecular weight excluding hydrogens is 350 g/mol. The minimum absolute atomic E-state index is 0.673. The second-order valence-electron chi connectivity index (χ2n) is 5.78. The molecule has 0 saturated carbocycles. The first-order valence-corrected chi connectivity index (χ1v) is 8.95. The molecule has 1 N–H and O–H groups in total. The Labute approximate surface area is 156 Å². The Balaban J connectivity index is 1.80. The van der Waals surface area contributed by atoms with Crippen LogP contribution in [0.3, 0.4) is 0 Å². The van der Waals surface area contributed by atoms with Crippen molar-refractivity contribution >= 4 is 22.2 Å². The van der Waals surface area contributed by atoms with Gasteiger partial charge in [-0.1, -0.05) is 0 Å². The molecule has 0 saturated heterocycles. The number of ether oxygens (including phenoxy) is 2. The van der Waals surface area contributed by atoms with Crippen molar-refractivity contribution in [2.24, 2.45) is 5.10 Å². The highest BCUT2D eigenvalue weighted by Crippen LogP contribution is 2.31. The number of hydrogen-bond donors (Lipinski definition) is 1. The van der Waals surface area contributed by atoms with Crippen molar-refractivity contribution in [2.75, 3.05) is 19.6 Å². The highest BCUT2D eigenvalue weighted by Gasteiger charge is 2.11. The van der Waals surface area contributed by atoms with Crippen molar-refractivity contribution in [1.82, 2.24) is 4.98 Å². The van der Waals surface area contributed by atoms with Gasteiger partial charge in [0, 0.05) is 10.9 Å². The smallest absolute Gasteiger partial charge is 0.204 e. The van der Waals surface area contributed by atoms with Gasteiger partial charge in [0.15, 0.2) is 17.3 Å². The maximum Gasteiger partial charge on any atom is 0.204 e. The van der Waals surface area contributed by atoms with Gasteiger partial charge < -0.3 is 13.9 Å². The number of hydrogen-bond acceptors (Lipinski definition) is 7. The van der Waals surface area contributed by atoms with Crippen LogP contribution in [0.25, 0.3) is 11.5 Å². The van der Waals surface area contributed by atoms with Crippen LogP contribution in [-0.4, -0.2) is 24.9 Å². The van der Waals surface area contributed by atoms with E-state index in [1.54, 1.807) is 14.2 Å². The number of benzene rings is 1. The van der Waals surface area contributed by atoms with E-state index < -0.39 is 0 Å². The Morgan fingerprint density at radius 1 is 1.15 bits per heavy atom. The molecule has 1 aromatic carbocycles. The van der Waals surface area contributed by atoms with E-state index in [4.69, 9.17) is 13.9 Å². The number of furan rings is 1. The monoisotopic (exact) mass is 371 g/mol. The van der Waals surface area contributed by atoms with Gasteiger partial charge in [-0.05, 0) is 50.6 Å². The summed E-state index contributed by atoms with van der Waals surface area (Å²) in [5, 5.41) is 7.09. The molecule has 0 fully saturated rings. The molecule has 0 unspecified atom stereocenters. The van der Waals surface area contributed by atoms with Crippen molar-refractivity contribution in [1.29, 1.82) is 0 Å². The van der Waals surface area contributed by atoms with Crippen molar-refractivity contribution in [3.63, 3.8) is 0 Å². The van der Waals surface area contributed by atoms with E-state index in [9.17, 15) is 0 Å². The highest BCUT2D eigenvalue weighted by molar-refractivity contribution is 7.14. The number of aromatic nitrogens is 1. The number of hydrazone groups is 1. The Morgan fingerprint density at radius 3 is 2.54 bits per heavy atom. The zero-order valence-corrected chi connectivity index (χ0v) is 16.2. The third-order valence-electron chi connectivity index (χ3n) is 3.94. The molecule has 0 aliphatic carbocycles. The van der Waals surface area contributed by atoms with E-state index in [0.717, 1.165) is 34.1 Å². The average Bonchev–Trinajstić information content (AvgIpc) is 3.28. The van der Waals surface area contributed by atoms with Crippen LogP contribution in [0.2, 0.25) is 0 Å². The Hall–Kier alpha value is -2.80. The Kier molecular flexibility index (Phi) is 5.27. The zero-order chi connectivity index (χ0) is 18.7. The summed E-state index contributed by atoms with van der Waals surface area (Å²) in [7, 11) is 3.25. The number of rotatable bonds is 6. The lowest BCUT2D eigenvalue weighted by Crippen LogP contribution is -2.03. The fourth-order valence-corrected chi connectivity index (χ4v) is 3.21. The van der Waals surface area contributed by atoms with Crippen LogP contribution in [0.1, 0.15) is 23.8 Å². The van der Waals surface area contributed by atoms with Gasteiger partial charge in [-0.3, -0.25) is 5.43 Å². The average molecular weight is 371 g/mol. The largest absolute Gasteiger partial charge is 0.493 e. The molecule has 136 valence electrons. The number of nitrogens with zero attached hydrogens (tertiary/aromatic N) is 2. The van der Waals surface area contributed by atoms with E-state index in [1.807, 2.05) is 50.4 Å². The summed E-state index contributed by atoms with van der Waals surface area (Å²) < 4.78 is 16.3. The van der Waals surface area contributed by atoms with E-state index in [2.05, 4.69) is 15.5 Å². The molecular formula is C19H21N3O3S. The number of anilines is 1. The van der Waals surface area contributed by atoms with Crippen molar-refractivity contribution in [2.45, 2.75) is 20.8 Å². The lowest BCUT2D eigenvalue weighted by Gasteiger charge is -2.12. The summed E-state index contributed by atoms with van der Waals surface area (Å²) in [6, 6.07) is 7.70. The summed E-state index contributed by atoms with van der Waals surface area (Å²) in [4.78, 5) is 4.50. The molecule has 7 heteroatoms. The molecule has 0 bridgehead atoms. The molecule has 3 aromatic rings. The van der Waals surface area contributed by atoms with Crippen LogP contribution in [0.5, 0.6) is 11.5 Å². The Morgan fingerprint density at radius 2 is 1.88 bits per heavy atom. The molecule has 2 aromatic heterocycles. The maximum atomic E-state index is 5.60. The minimum Gasteiger partial charge on any atom is -0.493 e. The summed E-state index contributed by atoms with van der Waals surface area (Å²) in [6.45, 7) is 5.86. The van der Waals surface area contributed by atoms with Crippen LogP contribution in [0.4, 0.5) is 5.13 Å². The normalized spacial score (nSPS) is 11.5. The lowest BCUT2D eigenvalue weighted by molar-refractivity contribution is 0.354. The molecule has 26 heavy (non-hydrogen) atoms. The standard InChI is InChI=1S/C19H21N3O3S/c1-11-8-17(23-4)18(24-5)9-14(11)13(3)21-22-19-20-15(10-26-19)16-7-6-12(2)25-16/h6-10H,1-5H3,(H,20,22). The third kappa shape index (κ3) is 3.72. The molecule has 6 nitrogen and oxygen atoms in total. The maximum absolute atomic E-state index is 5.60. The van der Waals surface area contributed by atoms with Crippen LogP contribution in [0, 0.1) is 13.8 Å². The predicted molar refractivity (Wildman–Crippen MR) is 105 cm³/mol. The van der Waals surface area contributed by atoms with Gasteiger partial charge in [-0.25, -0.2) is 4.98 Å². The van der Waals surface area contributed by atoms with E-state index in [1.165, 1.54) is 11.3 Å². The number of thiazole rings is 1. The van der Waals surface area contributed by atoms with Crippen LogP contribution in [-0.2, 0) is 0 Å². The van der Waals surface area contributed by atoms with E-state index in [-0.39, 0.29) is 0 Å². The van der Waals surface area contributed by atoms with Crippen molar-refractivity contribution < 1.29 is 13.9 Å². The summed E-state index contributed by atoms with van der Waals surface area (Å²) >= 11 is 1.47. The highest BCUT2D eigenvalue weighted by atomic mass is 32.1. The molecule has 0 aliphatic heterocycles. The minimum atomic E-state index is 0.673. The molecule has 0 atom stereocenters. The SMILES string of the molecule is COc1cc(C)c(C(C)=NNc2nc(-c3ccc(C)o3)cs2)cc1OC. The van der Waals surface area contributed by atoms with Crippen LogP contribution < -0.4 is 14.9 Å². The van der Waals surface area contributed by atoms with Gasteiger partial charge in [0.25, 0.3) is 0 Å². The molecule has 0 spiro atoms. The Bertz CT molecular complexity index is 943. The van der Waals surface area contributed by atoms with Gasteiger partial charge in [0.2, 0.25) is 5.13 Å². The van der Waals surface area contributed by atoms with Crippen molar-refractivity contribution in [3.8, 4) is 23.0 Å². The molecule has 0 amide bonds. The molecule has 0 aliphatic rings. The fraction of sp³-hybridized carbons (Fsp3) is 0.263. The summed E-state index contributed by atoms with van der Waals surface area (Å²) in [5.41, 5.74) is 6.67. The van der Waals surface area contributed by atoms with Crippen LogP contribution in [0.15, 0.2) is 39.2 Å². The molecule has 0 radical (unpaired) electrons. The van der Waals surface area contributed by atoms with Gasteiger partial charge in [-0.15, -0.1) is 11.3 Å². The fourth-order valence-electron chi connectivity index (χ4n) is 2.57. The molecule has 2 heterocycles. The van der Waals surface area contributed by atoms with Gasteiger partial charge in [0.05, 0.1) is 19.9 Å². The van der Waals surface area contributed by atoms with Gasteiger partial charge >= 0.3 is 0 Å². The molecule has 3 rings (SSSR count). The van der Waals surface area contributed by atoms with Crippen LogP contribution >= 0.6 is 11.3 Å². The zero-order valence-electron chi connectivity index (χ0n) is 15.4. The lowest BCUT2D eigenvalue weighted by atomic mass is 10.0. The van der Waals surface area contributed by atoms with E-state index >= 15 is 0 Å². The predicted octanol–water partition coefficient (Wildman–Crippen LogP) is 4.87. The first-order valence-electron chi connectivity index (χ1n) is 8.07. The number of nitrogens with one attached hydrogen (secondary N) is 1. The number of methoxy groups -OCH3 is 2. The summed E-state index contributed by atoms with van der Waals surface area (Å²) in [6.07, 6.45) is 0. The second-order valence-corrected chi connectivity index (χ2v) is 6.64. The van der Waals surface area contributed by atoms with Gasteiger partial charge in [-0.2, -0.15) is 5.10 Å². The topological polar surface area (TPSA) is 68.9 Å². The first-order chi connectivity index (χ1) is 12.5. The second kappa shape index (κ2) is 7.61. The van der Waals surface area contributed by atoms with Gasteiger partial charge in [0.1, 0.15) is 11.5 Å².